The zero-order valence-corrected chi connectivity index (χ0v) is 22.8. The smallest absolute Gasteiger partial charge is 0.251 e. The van der Waals surface area contributed by atoms with Gasteiger partial charge in [0.25, 0.3) is 5.91 Å². The van der Waals surface area contributed by atoms with Crippen LogP contribution in [0.4, 0.5) is 5.82 Å². The number of hydrogen-bond donors (Lipinski definition) is 2. The number of likely N-dealkylation sites (N-methyl/N-ethyl adjacent to an activating group) is 1. The van der Waals surface area contributed by atoms with Gasteiger partial charge in [-0.1, -0.05) is 6.07 Å². The molecule has 2 amide bonds. The van der Waals surface area contributed by atoms with Crippen LogP contribution in [-0.4, -0.2) is 72.0 Å². The third kappa shape index (κ3) is 4.69. The summed E-state index contributed by atoms with van der Waals surface area (Å²) >= 11 is 0. The zero-order chi connectivity index (χ0) is 27.4. The Labute approximate surface area is 233 Å². The highest BCUT2D eigenvalue weighted by Gasteiger charge is 2.59. The predicted molar refractivity (Wildman–Crippen MR) is 150 cm³/mol. The van der Waals surface area contributed by atoms with E-state index in [9.17, 15) is 9.59 Å². The van der Waals surface area contributed by atoms with E-state index < -0.39 is 0 Å². The van der Waals surface area contributed by atoms with Crippen molar-refractivity contribution in [3.05, 3.63) is 76.5 Å². The van der Waals surface area contributed by atoms with Crippen molar-refractivity contribution in [3.63, 3.8) is 0 Å². The second kappa shape index (κ2) is 9.91. The molecule has 3 aliphatic heterocycles. The third-order valence-corrected chi connectivity index (χ3v) is 8.55. The molecule has 1 aliphatic carbocycles. The van der Waals surface area contributed by atoms with Crippen LogP contribution in [0.15, 0.2) is 48.7 Å². The zero-order valence-electron chi connectivity index (χ0n) is 22.8. The van der Waals surface area contributed by atoms with Gasteiger partial charge in [-0.15, -0.1) is 0 Å². The van der Waals surface area contributed by atoms with Crippen LogP contribution in [0.5, 0.6) is 17.2 Å². The molecule has 1 aromatic heterocycles. The largest absolute Gasteiger partial charge is 0.487 e. The number of anilines is 1. The summed E-state index contributed by atoms with van der Waals surface area (Å²) in [5.74, 6) is 2.77. The summed E-state index contributed by atoms with van der Waals surface area (Å²) < 4.78 is 12.4. The van der Waals surface area contributed by atoms with Crippen molar-refractivity contribution >= 4 is 17.6 Å². The molecule has 1 saturated heterocycles. The Balaban J connectivity index is 1.00. The fourth-order valence-electron chi connectivity index (χ4n) is 6.05. The van der Waals surface area contributed by atoms with Crippen LogP contribution in [0.1, 0.15) is 45.0 Å². The summed E-state index contributed by atoms with van der Waals surface area (Å²) in [7, 11) is 2.16. The number of carbonyl (C=O) groups excluding carboxylic acids is 2. The van der Waals surface area contributed by atoms with E-state index in [2.05, 4.69) is 45.5 Å². The Bertz CT molecular complexity index is 1500. The molecule has 1 unspecified atom stereocenters. The average Bonchev–Trinajstić information content (AvgIpc) is 3.47. The Hall–Kier alpha value is -3.95. The first-order valence-electron chi connectivity index (χ1n) is 14.0. The number of piperazine rings is 1. The first kappa shape index (κ1) is 25.0. The van der Waals surface area contributed by atoms with Crippen LogP contribution in [-0.2, 0) is 17.8 Å². The molecule has 7 rings (SSSR count). The monoisotopic (exact) mass is 539 g/mol. The molecule has 0 spiro atoms. The first-order valence-corrected chi connectivity index (χ1v) is 14.0. The van der Waals surface area contributed by atoms with Crippen LogP contribution in [0.3, 0.4) is 0 Å². The van der Waals surface area contributed by atoms with Crippen LogP contribution >= 0.6 is 0 Å². The highest BCUT2D eigenvalue weighted by atomic mass is 16.5. The van der Waals surface area contributed by atoms with Gasteiger partial charge in [0, 0.05) is 62.0 Å². The van der Waals surface area contributed by atoms with Crippen LogP contribution in [0.25, 0.3) is 0 Å². The van der Waals surface area contributed by atoms with E-state index in [1.807, 2.05) is 36.4 Å². The Kier molecular flexibility index (Phi) is 6.20. The molecule has 0 radical (unpaired) electrons. The summed E-state index contributed by atoms with van der Waals surface area (Å²) in [4.78, 5) is 34.0. The molecule has 40 heavy (non-hydrogen) atoms. The number of aryl methyl sites for hydroxylation is 1. The number of aromatic nitrogens is 1. The van der Waals surface area contributed by atoms with Gasteiger partial charge in [-0.25, -0.2) is 4.98 Å². The average molecular weight is 540 g/mol. The molecular formula is C31H33N5O4. The van der Waals surface area contributed by atoms with Gasteiger partial charge in [-0.3, -0.25) is 14.5 Å². The molecule has 1 saturated carbocycles. The number of fused-ring (bicyclic) bond motifs is 4. The van der Waals surface area contributed by atoms with Crippen LogP contribution in [0, 0.1) is 6.92 Å². The van der Waals surface area contributed by atoms with Gasteiger partial charge >= 0.3 is 0 Å². The van der Waals surface area contributed by atoms with Crippen molar-refractivity contribution in [2.24, 2.45) is 0 Å². The molecule has 2 N–H and O–H groups in total. The molecule has 9 heteroatoms. The fraction of sp³-hybridized carbons (Fsp3) is 0.387. The summed E-state index contributed by atoms with van der Waals surface area (Å²) in [6, 6.07) is 13.6. The van der Waals surface area contributed by atoms with Crippen molar-refractivity contribution in [2.75, 3.05) is 38.5 Å². The maximum Gasteiger partial charge on any atom is 0.251 e. The molecular weight excluding hydrogens is 506 g/mol. The number of ether oxygens (including phenoxy) is 2. The van der Waals surface area contributed by atoms with Gasteiger partial charge in [-0.05, 0) is 67.9 Å². The van der Waals surface area contributed by atoms with E-state index in [4.69, 9.17) is 9.47 Å². The Morgan fingerprint density at radius 1 is 1.12 bits per heavy atom. The van der Waals surface area contributed by atoms with E-state index in [0.29, 0.717) is 35.7 Å². The molecule has 206 valence electrons. The maximum atomic E-state index is 13.2. The van der Waals surface area contributed by atoms with Crippen LogP contribution < -0.4 is 20.1 Å². The lowest BCUT2D eigenvalue weighted by molar-refractivity contribution is -0.116. The molecule has 3 aromatic rings. The van der Waals surface area contributed by atoms with Crippen molar-refractivity contribution in [3.8, 4) is 17.2 Å². The highest BCUT2D eigenvalue weighted by molar-refractivity contribution is 5.95. The lowest BCUT2D eigenvalue weighted by atomic mass is 10.0. The summed E-state index contributed by atoms with van der Waals surface area (Å²) in [6.45, 7) is 7.32. The van der Waals surface area contributed by atoms with E-state index in [0.717, 1.165) is 55.2 Å². The standard InChI is InChI=1S/C31H33N5O4/c1-18-15-19(3-4-20(18)17-36-13-11-35(2)12-14-36)31(38)34-28-27-23-16-21(5-7-24(23)40-29(27)28)39-25-9-10-32-30-22(25)6-8-26(37)33-30/h3-5,7,9-10,15-16,27-29H,6,8,11-14,17H2,1-2H3,(H,34,38)(H,32,33,37)/t27-,28?,29-/m0/s1. The quantitative estimate of drug-likeness (QED) is 0.495. The predicted octanol–water partition coefficient (Wildman–Crippen LogP) is 3.47. The lowest BCUT2D eigenvalue weighted by Gasteiger charge is -2.32. The van der Waals surface area contributed by atoms with Gasteiger partial charge < -0.3 is 25.0 Å². The van der Waals surface area contributed by atoms with E-state index in [1.165, 1.54) is 5.56 Å². The Morgan fingerprint density at radius 3 is 2.80 bits per heavy atom. The SMILES string of the molecule is Cc1cc(C(=O)NC2[C@H]3Oc4ccc(Oc5ccnc6c5CCC(=O)N6)cc4[C@@H]23)ccc1CN1CCN(C)CC1. The molecule has 9 nitrogen and oxygen atoms in total. The van der Waals surface area contributed by atoms with Gasteiger partial charge in [-0.2, -0.15) is 0 Å². The fourth-order valence-corrected chi connectivity index (χ4v) is 6.05. The number of nitrogens with one attached hydrogen (secondary N) is 2. The van der Waals surface area contributed by atoms with E-state index in [1.54, 1.807) is 6.20 Å². The molecule has 4 heterocycles. The number of rotatable bonds is 6. The molecule has 2 aromatic carbocycles. The summed E-state index contributed by atoms with van der Waals surface area (Å²) in [6.07, 6.45) is 2.58. The number of hydrogen-bond acceptors (Lipinski definition) is 7. The molecule has 2 fully saturated rings. The van der Waals surface area contributed by atoms with Crippen molar-refractivity contribution < 1.29 is 19.1 Å². The highest BCUT2D eigenvalue weighted by Crippen LogP contribution is 2.54. The molecule has 0 bridgehead atoms. The minimum absolute atomic E-state index is 0.0311. The third-order valence-electron chi connectivity index (χ3n) is 8.55. The second-order valence-electron chi connectivity index (χ2n) is 11.3. The summed E-state index contributed by atoms with van der Waals surface area (Å²) in [5, 5.41) is 6.00. The number of amides is 2. The maximum absolute atomic E-state index is 13.2. The van der Waals surface area contributed by atoms with E-state index in [-0.39, 0.29) is 29.9 Å². The first-order chi connectivity index (χ1) is 19.4. The van der Waals surface area contributed by atoms with Crippen molar-refractivity contribution in [2.45, 2.75) is 44.4 Å². The molecule has 4 aliphatic rings. The normalized spacial score (nSPS) is 23.4. The lowest BCUT2D eigenvalue weighted by Crippen LogP contribution is -2.43. The van der Waals surface area contributed by atoms with Gasteiger partial charge in [0.1, 0.15) is 29.2 Å². The minimum atomic E-state index is -0.0725. The number of carbonyl (C=O) groups is 2. The van der Waals surface area contributed by atoms with Crippen molar-refractivity contribution in [1.82, 2.24) is 20.1 Å². The topological polar surface area (TPSA) is 96.0 Å². The second-order valence-corrected chi connectivity index (χ2v) is 11.3. The Morgan fingerprint density at radius 2 is 1.98 bits per heavy atom. The van der Waals surface area contributed by atoms with Gasteiger partial charge in [0.2, 0.25) is 5.91 Å². The van der Waals surface area contributed by atoms with E-state index >= 15 is 0 Å². The minimum Gasteiger partial charge on any atom is -0.487 e. The number of benzene rings is 2. The van der Waals surface area contributed by atoms with Crippen LogP contribution in [0.2, 0.25) is 0 Å². The van der Waals surface area contributed by atoms with Crippen molar-refractivity contribution in [1.29, 1.82) is 0 Å². The number of pyridine rings is 1. The summed E-state index contributed by atoms with van der Waals surface area (Å²) in [5.41, 5.74) is 5.04. The van der Waals surface area contributed by atoms with Gasteiger partial charge in [0.15, 0.2) is 0 Å². The molecule has 3 atom stereocenters. The van der Waals surface area contributed by atoms with Gasteiger partial charge in [0.05, 0.1) is 12.0 Å². The number of nitrogens with zero attached hydrogens (tertiary/aromatic N) is 3.